The normalized spacial score (nSPS) is 19.7. The number of amides is 1. The van der Waals surface area contributed by atoms with Crippen molar-refractivity contribution < 1.29 is 32.2 Å². The first-order chi connectivity index (χ1) is 20.1. The van der Waals surface area contributed by atoms with E-state index in [1.54, 1.807) is 25.7 Å². The number of rotatable bonds is 9. The van der Waals surface area contributed by atoms with Crippen LogP contribution in [0, 0.1) is 0 Å². The predicted molar refractivity (Wildman–Crippen MR) is 166 cm³/mol. The van der Waals surface area contributed by atoms with Crippen LogP contribution in [-0.4, -0.2) is 60.5 Å². The van der Waals surface area contributed by atoms with Crippen molar-refractivity contribution in [2.45, 2.75) is 102 Å². The lowest BCUT2D eigenvalue weighted by atomic mass is 9.90. The third kappa shape index (κ3) is 9.56. The minimum atomic E-state index is -3.46. The lowest BCUT2D eigenvalue weighted by Crippen LogP contribution is -2.58. The topological polar surface area (TPSA) is 111 Å². The van der Waals surface area contributed by atoms with Gasteiger partial charge in [0.1, 0.15) is 17.0 Å². The molecule has 1 amide bonds. The number of likely N-dealkylation sites (tertiary alicyclic amines) is 1. The molecule has 2 aromatic carbocycles. The van der Waals surface area contributed by atoms with Gasteiger partial charge in [0.05, 0.1) is 23.6 Å². The molecule has 0 bridgehead atoms. The second-order valence-electron chi connectivity index (χ2n) is 13.2. The number of esters is 1. The number of hydrogen-bond donors (Lipinski definition) is 1. The molecule has 0 spiro atoms. The minimum absolute atomic E-state index is 0.353. The van der Waals surface area contributed by atoms with Gasteiger partial charge in [-0.1, -0.05) is 42.5 Å². The third-order valence-electron chi connectivity index (χ3n) is 7.06. The van der Waals surface area contributed by atoms with E-state index in [1.807, 2.05) is 69.3 Å². The molecule has 1 aliphatic carbocycles. The summed E-state index contributed by atoms with van der Waals surface area (Å²) in [5.74, 6) is 0.0587. The molecule has 0 radical (unpaired) electrons. The number of sulfonamides is 1. The number of carbonyl (C=O) groups excluding carboxylic acids is 2. The van der Waals surface area contributed by atoms with Gasteiger partial charge in [-0.2, -0.15) is 0 Å². The van der Waals surface area contributed by atoms with Gasteiger partial charge in [-0.25, -0.2) is 22.7 Å². The highest BCUT2D eigenvalue weighted by Gasteiger charge is 2.42. The second kappa shape index (κ2) is 13.1. The molecule has 2 atom stereocenters. The molecule has 2 fully saturated rings. The van der Waals surface area contributed by atoms with Crippen molar-refractivity contribution in [3.05, 3.63) is 66.4 Å². The van der Waals surface area contributed by atoms with Crippen molar-refractivity contribution in [2.24, 2.45) is 0 Å². The molecule has 2 unspecified atom stereocenters. The number of ether oxygens (including phenoxy) is 3. The summed E-state index contributed by atoms with van der Waals surface area (Å²) in [5.41, 5.74) is 1.36. The Hall–Kier alpha value is -3.37. The van der Waals surface area contributed by atoms with Crippen LogP contribution in [0.4, 0.5) is 4.79 Å². The Bertz CT molecular complexity index is 1440. The van der Waals surface area contributed by atoms with E-state index in [1.165, 1.54) is 12.3 Å². The Morgan fingerprint density at radius 2 is 1.65 bits per heavy atom. The summed E-state index contributed by atoms with van der Waals surface area (Å²) in [4.78, 5) is 27.1. The first-order valence-corrected chi connectivity index (χ1v) is 16.4. The Labute approximate surface area is 255 Å². The molecule has 9 nitrogen and oxygen atoms in total. The van der Waals surface area contributed by atoms with Crippen LogP contribution in [0.3, 0.4) is 0 Å². The second-order valence-corrected chi connectivity index (χ2v) is 15.2. The zero-order valence-electron chi connectivity index (χ0n) is 26.0. The number of piperidine rings is 1. The van der Waals surface area contributed by atoms with E-state index in [4.69, 9.17) is 14.2 Å². The fraction of sp³-hybridized carbons (Fsp3) is 0.515. The maximum atomic E-state index is 13.3. The van der Waals surface area contributed by atoms with Gasteiger partial charge in [-0.15, -0.1) is 0 Å². The van der Waals surface area contributed by atoms with Crippen LogP contribution in [0.25, 0.3) is 11.1 Å². The molecule has 0 aromatic heterocycles. The molecular weight excluding hydrogens is 568 g/mol. The SMILES string of the molecule is CC(C)(C)OC(=O)/C=C/Oc1ccccc1-c1cccc(CC2C(NS(=O)(=O)C3CC3)CCCN2C(=O)OC(C)(C)C)c1. The molecule has 2 aliphatic rings. The van der Waals surface area contributed by atoms with Crippen LogP contribution in [-0.2, 0) is 30.7 Å². The van der Waals surface area contributed by atoms with Crippen LogP contribution < -0.4 is 9.46 Å². The standard InChI is InChI=1S/C33H44N2O7S/c1-32(2,3)41-30(36)18-20-40-29-15-8-7-13-26(29)24-12-9-11-23(21-24)22-28-27(34-43(38,39)25-16-17-25)14-10-19-35(28)31(37)42-33(4,5)6/h7-9,11-13,15,18,20-21,25,27-28,34H,10,14,16-17,19,22H2,1-6H3/b20-18+. The smallest absolute Gasteiger partial charge is 0.410 e. The van der Waals surface area contributed by atoms with Gasteiger partial charge in [0.25, 0.3) is 0 Å². The van der Waals surface area contributed by atoms with Gasteiger partial charge in [0.2, 0.25) is 10.0 Å². The Morgan fingerprint density at radius 1 is 0.953 bits per heavy atom. The molecule has 1 N–H and O–H groups in total. The number of benzene rings is 2. The summed E-state index contributed by atoms with van der Waals surface area (Å²) < 4.78 is 45.7. The number of nitrogens with one attached hydrogen (secondary N) is 1. The van der Waals surface area contributed by atoms with Gasteiger partial charge in [-0.3, -0.25) is 0 Å². The van der Waals surface area contributed by atoms with Gasteiger partial charge in [0, 0.05) is 18.2 Å². The summed E-state index contributed by atoms with van der Waals surface area (Å²) in [6, 6.07) is 14.5. The quantitative estimate of drug-likeness (QED) is 0.211. The van der Waals surface area contributed by atoms with E-state index >= 15 is 0 Å². The monoisotopic (exact) mass is 612 g/mol. The maximum Gasteiger partial charge on any atom is 0.410 e. The van der Waals surface area contributed by atoms with Crippen LogP contribution in [0.1, 0.15) is 72.8 Å². The summed E-state index contributed by atoms with van der Waals surface area (Å²) >= 11 is 0. The van der Waals surface area contributed by atoms with Crippen molar-refractivity contribution in [1.29, 1.82) is 0 Å². The fourth-order valence-electron chi connectivity index (χ4n) is 5.09. The van der Waals surface area contributed by atoms with Crippen molar-refractivity contribution in [3.8, 4) is 16.9 Å². The summed E-state index contributed by atoms with van der Waals surface area (Å²) in [6.07, 6.45) is 5.19. The van der Waals surface area contributed by atoms with Gasteiger partial charge < -0.3 is 19.1 Å². The van der Waals surface area contributed by atoms with Gasteiger partial charge in [0.15, 0.2) is 0 Å². The zero-order valence-corrected chi connectivity index (χ0v) is 26.8. The number of hydrogen-bond acceptors (Lipinski definition) is 7. The molecule has 234 valence electrons. The van der Waals surface area contributed by atoms with E-state index in [9.17, 15) is 18.0 Å². The molecule has 2 aromatic rings. The lowest BCUT2D eigenvalue weighted by molar-refractivity contribution is -0.148. The van der Waals surface area contributed by atoms with Gasteiger partial charge >= 0.3 is 12.1 Å². The highest BCUT2D eigenvalue weighted by molar-refractivity contribution is 7.90. The number of carbonyl (C=O) groups is 2. The van der Waals surface area contributed by atoms with E-state index in [0.29, 0.717) is 44.4 Å². The maximum absolute atomic E-state index is 13.3. The van der Waals surface area contributed by atoms with E-state index in [2.05, 4.69) is 4.72 Å². The average molecular weight is 613 g/mol. The summed E-state index contributed by atoms with van der Waals surface area (Å²) in [5, 5.41) is -0.353. The summed E-state index contributed by atoms with van der Waals surface area (Å²) in [6.45, 7) is 11.3. The first kappa shape index (κ1) is 32.5. The first-order valence-electron chi connectivity index (χ1n) is 14.9. The Morgan fingerprint density at radius 3 is 2.33 bits per heavy atom. The van der Waals surface area contributed by atoms with Crippen molar-refractivity contribution in [1.82, 2.24) is 9.62 Å². The predicted octanol–water partition coefficient (Wildman–Crippen LogP) is 5.98. The van der Waals surface area contributed by atoms with Crippen LogP contribution in [0.15, 0.2) is 60.9 Å². The molecule has 1 saturated heterocycles. The largest absolute Gasteiger partial charge is 0.464 e. The molecular formula is C33H44N2O7S. The Kier molecular flexibility index (Phi) is 9.91. The van der Waals surface area contributed by atoms with E-state index in [0.717, 1.165) is 16.7 Å². The van der Waals surface area contributed by atoms with Crippen molar-refractivity contribution in [3.63, 3.8) is 0 Å². The van der Waals surface area contributed by atoms with Gasteiger partial charge in [-0.05, 0) is 90.8 Å². The average Bonchev–Trinajstić information content (AvgIpc) is 3.75. The molecule has 10 heteroatoms. The molecule has 1 saturated carbocycles. The number of para-hydroxylation sites is 1. The van der Waals surface area contributed by atoms with Crippen molar-refractivity contribution >= 4 is 22.1 Å². The molecule has 4 rings (SSSR count). The highest BCUT2D eigenvalue weighted by Crippen LogP contribution is 2.33. The zero-order chi connectivity index (χ0) is 31.4. The number of nitrogens with zero attached hydrogens (tertiary/aromatic N) is 1. The van der Waals surface area contributed by atoms with Crippen LogP contribution in [0.5, 0.6) is 5.75 Å². The fourth-order valence-corrected chi connectivity index (χ4v) is 6.74. The highest BCUT2D eigenvalue weighted by atomic mass is 32.2. The van der Waals surface area contributed by atoms with E-state index < -0.39 is 45.4 Å². The Balaban J connectivity index is 1.58. The molecule has 43 heavy (non-hydrogen) atoms. The lowest BCUT2D eigenvalue weighted by Gasteiger charge is -2.42. The van der Waals surface area contributed by atoms with Crippen molar-refractivity contribution in [2.75, 3.05) is 6.54 Å². The van der Waals surface area contributed by atoms with E-state index in [-0.39, 0.29) is 5.25 Å². The minimum Gasteiger partial charge on any atom is -0.464 e. The summed E-state index contributed by atoms with van der Waals surface area (Å²) in [7, 11) is -3.46. The van der Waals surface area contributed by atoms with Crippen LogP contribution in [0.2, 0.25) is 0 Å². The third-order valence-corrected chi connectivity index (χ3v) is 9.04. The molecule has 1 heterocycles. The molecule has 1 aliphatic heterocycles. The van der Waals surface area contributed by atoms with Crippen LogP contribution >= 0.6 is 0 Å².